The Bertz CT molecular complexity index is 905. The predicted molar refractivity (Wildman–Crippen MR) is 105 cm³/mol. The average molecular weight is 386 g/mol. The molecule has 1 unspecified atom stereocenters. The van der Waals surface area contributed by atoms with E-state index in [4.69, 9.17) is 5.73 Å². The van der Waals surface area contributed by atoms with Crippen molar-refractivity contribution in [2.75, 3.05) is 30.0 Å². The van der Waals surface area contributed by atoms with Gasteiger partial charge in [0.1, 0.15) is 17.5 Å². The molecular formula is C17H23N9S. The lowest BCUT2D eigenvalue weighted by Gasteiger charge is -2.33. The molecular weight excluding hydrogens is 362 g/mol. The highest BCUT2D eigenvalue weighted by atomic mass is 32.2. The molecule has 1 saturated heterocycles. The van der Waals surface area contributed by atoms with Crippen molar-refractivity contribution in [3.05, 3.63) is 36.4 Å². The fraction of sp³-hybridized carbons (Fsp3) is 0.471. The van der Waals surface area contributed by atoms with E-state index in [9.17, 15) is 0 Å². The van der Waals surface area contributed by atoms with Crippen LogP contribution < -0.4 is 10.6 Å². The second-order valence-corrected chi connectivity index (χ2v) is 7.46. The van der Waals surface area contributed by atoms with Gasteiger partial charge in [-0.05, 0) is 19.1 Å². The van der Waals surface area contributed by atoms with Crippen molar-refractivity contribution < 1.29 is 0 Å². The molecule has 4 rings (SSSR count). The minimum absolute atomic E-state index is 0.307. The summed E-state index contributed by atoms with van der Waals surface area (Å²) in [6.45, 7) is 2.47. The predicted octanol–water partition coefficient (Wildman–Crippen LogP) is 1.54. The van der Waals surface area contributed by atoms with E-state index in [1.807, 2.05) is 30.1 Å². The standard InChI is InChI=1S/C17H23N9S/c1-24-15(10-25-7-5-19-11-25)22-23-16(24)12-4-3-6-26(9-12)14-8-13(18)20-17(21-14)27-2/h5,7-8,11-12H,3-4,6,9-10H2,1-2H3,(H2,18,20,21). The van der Waals surface area contributed by atoms with Gasteiger partial charge in [-0.15, -0.1) is 10.2 Å². The zero-order chi connectivity index (χ0) is 18.8. The summed E-state index contributed by atoms with van der Waals surface area (Å²) in [7, 11) is 2.04. The highest BCUT2D eigenvalue weighted by molar-refractivity contribution is 7.98. The van der Waals surface area contributed by atoms with Crippen molar-refractivity contribution in [1.82, 2.24) is 34.3 Å². The summed E-state index contributed by atoms with van der Waals surface area (Å²) >= 11 is 1.50. The topological polar surface area (TPSA) is 104 Å². The second-order valence-electron chi connectivity index (χ2n) is 6.69. The van der Waals surface area contributed by atoms with Gasteiger partial charge in [-0.3, -0.25) is 0 Å². The van der Waals surface area contributed by atoms with Crippen LogP contribution in [0.15, 0.2) is 29.9 Å². The maximum atomic E-state index is 5.95. The Morgan fingerprint density at radius 3 is 2.96 bits per heavy atom. The Hall–Kier alpha value is -2.62. The first-order chi connectivity index (χ1) is 13.1. The maximum Gasteiger partial charge on any atom is 0.191 e. The number of anilines is 2. The quantitative estimate of drug-likeness (QED) is 0.521. The summed E-state index contributed by atoms with van der Waals surface area (Å²) in [4.78, 5) is 15.2. The molecule has 0 amide bonds. The molecule has 0 saturated carbocycles. The smallest absolute Gasteiger partial charge is 0.191 e. The zero-order valence-corrected chi connectivity index (χ0v) is 16.3. The zero-order valence-electron chi connectivity index (χ0n) is 15.5. The first-order valence-electron chi connectivity index (χ1n) is 8.91. The minimum atomic E-state index is 0.307. The summed E-state index contributed by atoms with van der Waals surface area (Å²) in [5, 5.41) is 9.59. The van der Waals surface area contributed by atoms with Gasteiger partial charge in [0.2, 0.25) is 0 Å². The molecule has 27 heavy (non-hydrogen) atoms. The van der Waals surface area contributed by atoms with E-state index in [1.165, 1.54) is 11.8 Å². The second kappa shape index (κ2) is 7.55. The number of nitrogens with two attached hydrogens (primary N) is 1. The number of imidazole rings is 1. The Labute approximate surface area is 162 Å². The van der Waals surface area contributed by atoms with E-state index in [2.05, 4.69) is 34.6 Å². The molecule has 1 atom stereocenters. The average Bonchev–Trinajstić information content (AvgIpc) is 3.32. The third-order valence-electron chi connectivity index (χ3n) is 4.89. The van der Waals surface area contributed by atoms with Crippen molar-refractivity contribution in [2.24, 2.45) is 7.05 Å². The van der Waals surface area contributed by atoms with Gasteiger partial charge >= 0.3 is 0 Å². The lowest BCUT2D eigenvalue weighted by atomic mass is 9.97. The molecule has 10 heteroatoms. The Balaban J connectivity index is 1.53. The number of thioether (sulfide) groups is 1. The van der Waals surface area contributed by atoms with Crippen LogP contribution in [0.4, 0.5) is 11.6 Å². The fourth-order valence-corrected chi connectivity index (χ4v) is 3.87. The number of hydrogen-bond acceptors (Lipinski definition) is 8. The molecule has 0 bridgehead atoms. The van der Waals surface area contributed by atoms with E-state index in [1.54, 1.807) is 12.5 Å². The van der Waals surface area contributed by atoms with Gasteiger partial charge in [-0.25, -0.2) is 15.0 Å². The molecule has 0 aliphatic carbocycles. The summed E-state index contributed by atoms with van der Waals surface area (Å²) in [6.07, 6.45) is 9.61. The molecule has 0 aromatic carbocycles. The number of nitrogen functional groups attached to an aromatic ring is 1. The highest BCUT2D eigenvalue weighted by Gasteiger charge is 2.27. The van der Waals surface area contributed by atoms with E-state index in [0.29, 0.717) is 23.4 Å². The molecule has 1 aliphatic heterocycles. The van der Waals surface area contributed by atoms with Crippen LogP contribution >= 0.6 is 11.8 Å². The SMILES string of the molecule is CSc1nc(N)cc(N2CCCC(c3nnc(Cn4ccnc4)n3C)C2)n1. The van der Waals surface area contributed by atoms with Crippen LogP contribution in [0.5, 0.6) is 0 Å². The van der Waals surface area contributed by atoms with Crippen LogP contribution in [0.1, 0.15) is 30.4 Å². The Morgan fingerprint density at radius 1 is 1.30 bits per heavy atom. The lowest BCUT2D eigenvalue weighted by Crippen LogP contribution is -2.36. The van der Waals surface area contributed by atoms with Crippen LogP contribution in [0.3, 0.4) is 0 Å². The molecule has 1 aliphatic rings. The van der Waals surface area contributed by atoms with Gasteiger partial charge in [0.25, 0.3) is 0 Å². The molecule has 0 spiro atoms. The minimum Gasteiger partial charge on any atom is -0.383 e. The molecule has 142 valence electrons. The normalized spacial score (nSPS) is 17.4. The van der Waals surface area contributed by atoms with E-state index in [-0.39, 0.29) is 0 Å². The molecule has 3 aromatic heterocycles. The first kappa shape index (κ1) is 17.8. The van der Waals surface area contributed by atoms with Crippen LogP contribution in [0.25, 0.3) is 0 Å². The summed E-state index contributed by atoms with van der Waals surface area (Å²) in [5.41, 5.74) is 5.95. The maximum absolute atomic E-state index is 5.95. The van der Waals surface area contributed by atoms with Crippen molar-refractivity contribution in [3.63, 3.8) is 0 Å². The van der Waals surface area contributed by atoms with Crippen LogP contribution in [0.2, 0.25) is 0 Å². The molecule has 0 radical (unpaired) electrons. The number of aromatic nitrogens is 7. The van der Waals surface area contributed by atoms with Crippen LogP contribution in [-0.4, -0.2) is 53.6 Å². The molecule has 9 nitrogen and oxygen atoms in total. The Kier molecular flexibility index (Phi) is 4.97. The fourth-order valence-electron chi connectivity index (χ4n) is 3.49. The Morgan fingerprint density at radius 2 is 2.19 bits per heavy atom. The molecule has 4 heterocycles. The summed E-state index contributed by atoms with van der Waals surface area (Å²) < 4.78 is 4.10. The van der Waals surface area contributed by atoms with Gasteiger partial charge < -0.3 is 19.8 Å². The van der Waals surface area contributed by atoms with E-state index in [0.717, 1.165) is 43.4 Å². The number of piperidine rings is 1. The number of nitrogens with zero attached hydrogens (tertiary/aromatic N) is 8. The lowest BCUT2D eigenvalue weighted by molar-refractivity contribution is 0.475. The third kappa shape index (κ3) is 3.75. The number of hydrogen-bond donors (Lipinski definition) is 1. The van der Waals surface area contributed by atoms with Crippen LogP contribution in [0, 0.1) is 0 Å². The van der Waals surface area contributed by atoms with Gasteiger partial charge in [0, 0.05) is 44.5 Å². The van der Waals surface area contributed by atoms with Crippen LogP contribution in [-0.2, 0) is 13.6 Å². The molecule has 1 fully saturated rings. The first-order valence-corrected chi connectivity index (χ1v) is 10.1. The summed E-state index contributed by atoms with van der Waals surface area (Å²) in [5.74, 6) is 3.64. The van der Waals surface area contributed by atoms with E-state index >= 15 is 0 Å². The molecule has 2 N–H and O–H groups in total. The van der Waals surface area contributed by atoms with Gasteiger partial charge in [-0.1, -0.05) is 11.8 Å². The van der Waals surface area contributed by atoms with Crippen molar-refractivity contribution in [1.29, 1.82) is 0 Å². The van der Waals surface area contributed by atoms with E-state index < -0.39 is 0 Å². The van der Waals surface area contributed by atoms with Crippen molar-refractivity contribution >= 4 is 23.4 Å². The third-order valence-corrected chi connectivity index (χ3v) is 5.43. The van der Waals surface area contributed by atoms with Gasteiger partial charge in [0.05, 0.1) is 12.9 Å². The van der Waals surface area contributed by atoms with Crippen molar-refractivity contribution in [3.8, 4) is 0 Å². The largest absolute Gasteiger partial charge is 0.383 e. The van der Waals surface area contributed by atoms with Gasteiger partial charge in [0.15, 0.2) is 11.0 Å². The highest BCUT2D eigenvalue weighted by Crippen LogP contribution is 2.29. The number of rotatable bonds is 5. The monoisotopic (exact) mass is 385 g/mol. The van der Waals surface area contributed by atoms with Crippen molar-refractivity contribution in [2.45, 2.75) is 30.5 Å². The molecule has 3 aromatic rings. The summed E-state index contributed by atoms with van der Waals surface area (Å²) in [6, 6.07) is 1.85. The van der Waals surface area contributed by atoms with Gasteiger partial charge in [-0.2, -0.15) is 0 Å².